The van der Waals surface area contributed by atoms with E-state index in [2.05, 4.69) is 4.74 Å². The molecule has 0 aliphatic carbocycles. The molecule has 2 aromatic carbocycles. The lowest BCUT2D eigenvalue weighted by atomic mass is 9.97. The third-order valence-corrected chi connectivity index (χ3v) is 3.40. The van der Waals surface area contributed by atoms with Crippen molar-refractivity contribution in [2.75, 3.05) is 0 Å². The van der Waals surface area contributed by atoms with Gasteiger partial charge in [0.05, 0.1) is 21.9 Å². The fraction of sp³-hybridized carbons (Fsp3) is 0. The van der Waals surface area contributed by atoms with Crippen LogP contribution in [0.15, 0.2) is 38.3 Å². The normalized spacial score (nSPS) is 14.0. The minimum atomic E-state index is -0.954. The Kier molecular flexibility index (Phi) is 1.79. The summed E-state index contributed by atoms with van der Waals surface area (Å²) < 4.78 is 9.21. The second kappa shape index (κ2) is 3.30. The van der Waals surface area contributed by atoms with E-state index in [4.69, 9.17) is 4.42 Å². The van der Waals surface area contributed by atoms with Gasteiger partial charge in [-0.2, -0.15) is 0 Å². The molecule has 3 aromatic rings. The predicted molar refractivity (Wildman–Crippen MR) is 67.2 cm³/mol. The zero-order valence-electron chi connectivity index (χ0n) is 9.76. The molecule has 0 atom stereocenters. The Hall–Kier alpha value is -3.02. The fourth-order valence-corrected chi connectivity index (χ4v) is 2.57. The van der Waals surface area contributed by atoms with Crippen LogP contribution < -0.4 is 11.3 Å². The van der Waals surface area contributed by atoms with Gasteiger partial charge in [-0.25, -0.2) is 19.2 Å². The Morgan fingerprint density at radius 3 is 2.35 bits per heavy atom. The summed E-state index contributed by atoms with van der Waals surface area (Å²) in [5.41, 5.74) is -1.92. The van der Waals surface area contributed by atoms with E-state index in [1.807, 2.05) is 0 Å². The van der Waals surface area contributed by atoms with Crippen LogP contribution in [0, 0.1) is 0 Å². The Labute approximate surface area is 109 Å². The molecule has 0 saturated heterocycles. The molecule has 0 spiro atoms. The van der Waals surface area contributed by atoms with E-state index in [1.165, 1.54) is 12.1 Å². The van der Waals surface area contributed by atoms with Crippen LogP contribution in [0.3, 0.4) is 0 Å². The van der Waals surface area contributed by atoms with Crippen LogP contribution in [0.2, 0.25) is 0 Å². The van der Waals surface area contributed by atoms with Gasteiger partial charge in [-0.05, 0) is 22.9 Å². The third kappa shape index (κ3) is 1.13. The first-order valence-corrected chi connectivity index (χ1v) is 5.70. The van der Waals surface area contributed by atoms with Gasteiger partial charge in [0, 0.05) is 0 Å². The topological polar surface area (TPSA) is 90.7 Å². The van der Waals surface area contributed by atoms with Crippen molar-refractivity contribution in [3.63, 3.8) is 0 Å². The zero-order valence-corrected chi connectivity index (χ0v) is 9.76. The molecule has 20 heavy (non-hydrogen) atoms. The van der Waals surface area contributed by atoms with Gasteiger partial charge in [-0.15, -0.1) is 0 Å². The largest absolute Gasteiger partial charge is 0.386 e. The monoisotopic (exact) mass is 268 g/mol. The maximum absolute atomic E-state index is 12.0. The smallest absolute Gasteiger partial charge is 0.347 e. The second-order valence-corrected chi connectivity index (χ2v) is 4.43. The first kappa shape index (κ1) is 10.9. The van der Waals surface area contributed by atoms with Crippen LogP contribution in [0.25, 0.3) is 21.5 Å². The lowest BCUT2D eigenvalue weighted by molar-refractivity contribution is 0.0444. The van der Waals surface area contributed by atoms with Crippen LogP contribution >= 0.6 is 0 Å². The number of benzene rings is 2. The van der Waals surface area contributed by atoms with E-state index in [0.29, 0.717) is 10.8 Å². The minimum Gasteiger partial charge on any atom is -0.386 e. The van der Waals surface area contributed by atoms with E-state index < -0.39 is 23.2 Å². The lowest BCUT2D eigenvalue weighted by Gasteiger charge is -2.00. The number of carbonyl (C=O) groups excluding carboxylic acids is 2. The first-order valence-electron chi connectivity index (χ1n) is 5.70. The van der Waals surface area contributed by atoms with Crippen LogP contribution in [0.4, 0.5) is 0 Å². The molecule has 0 unspecified atom stereocenters. The van der Waals surface area contributed by atoms with E-state index in [1.54, 1.807) is 12.1 Å². The molecule has 6 heteroatoms. The summed E-state index contributed by atoms with van der Waals surface area (Å²) in [4.78, 5) is 47.2. The Balaban J connectivity index is 2.50. The van der Waals surface area contributed by atoms with Crippen LogP contribution in [0.5, 0.6) is 0 Å². The number of carbonyl (C=O) groups is 2. The average Bonchev–Trinajstić information content (AvgIpc) is 2.70. The molecule has 1 aliphatic heterocycles. The van der Waals surface area contributed by atoms with Crippen LogP contribution in [-0.2, 0) is 4.74 Å². The number of ether oxygens (including phenoxy) is 1. The van der Waals surface area contributed by atoms with Crippen LogP contribution in [0.1, 0.15) is 20.7 Å². The van der Waals surface area contributed by atoms with Gasteiger partial charge in [0.1, 0.15) is 0 Å². The van der Waals surface area contributed by atoms with Crippen molar-refractivity contribution >= 4 is 33.5 Å². The summed E-state index contributed by atoms with van der Waals surface area (Å²) in [5.74, 6) is -1.73. The highest BCUT2D eigenvalue weighted by molar-refractivity contribution is 6.25. The molecule has 2 heterocycles. The molecule has 1 aliphatic rings. The summed E-state index contributed by atoms with van der Waals surface area (Å²) in [6.45, 7) is 0. The van der Waals surface area contributed by atoms with E-state index in [9.17, 15) is 19.2 Å². The van der Waals surface area contributed by atoms with Gasteiger partial charge in [-0.1, -0.05) is 12.1 Å². The highest BCUT2D eigenvalue weighted by Crippen LogP contribution is 2.31. The average molecular weight is 268 g/mol. The van der Waals surface area contributed by atoms with Crippen molar-refractivity contribution in [1.82, 2.24) is 0 Å². The van der Waals surface area contributed by atoms with Gasteiger partial charge in [0.15, 0.2) is 0 Å². The lowest BCUT2D eigenvalue weighted by Crippen LogP contribution is -2.07. The highest BCUT2D eigenvalue weighted by atomic mass is 16.6. The van der Waals surface area contributed by atoms with E-state index in [-0.39, 0.29) is 21.9 Å². The molecule has 6 nitrogen and oxygen atoms in total. The predicted octanol–water partition coefficient (Wildman–Crippen LogP) is 1.05. The van der Waals surface area contributed by atoms with Gasteiger partial charge >= 0.3 is 23.2 Å². The van der Waals surface area contributed by atoms with Crippen molar-refractivity contribution in [1.29, 1.82) is 0 Å². The summed E-state index contributed by atoms with van der Waals surface area (Å²) in [6, 6.07) is 6.04. The van der Waals surface area contributed by atoms with Crippen molar-refractivity contribution in [2.45, 2.75) is 0 Å². The molecule has 0 N–H and O–H groups in total. The molecular formula is C14H4O6. The zero-order chi connectivity index (χ0) is 14.0. The highest BCUT2D eigenvalue weighted by Gasteiger charge is 2.34. The Morgan fingerprint density at radius 2 is 1.55 bits per heavy atom. The molecule has 0 radical (unpaired) electrons. The molecule has 0 fully saturated rings. The number of hydrogen-bond donors (Lipinski definition) is 0. The standard InChI is InChI=1S/C14H4O6/c15-11-6-3-1-2-5-7(6)4-8-10(9(5)13(17)19-11)14(18)20-12(8)16/h1-4H. The summed E-state index contributed by atoms with van der Waals surface area (Å²) >= 11 is 0. The molecule has 1 aromatic heterocycles. The molecule has 0 amide bonds. The molecule has 4 rings (SSSR count). The molecule has 4 bridgehead atoms. The van der Waals surface area contributed by atoms with Crippen molar-refractivity contribution in [3.05, 3.63) is 56.2 Å². The second-order valence-electron chi connectivity index (χ2n) is 4.43. The Bertz CT molecular complexity index is 1040. The minimum absolute atomic E-state index is 0.0170. The Morgan fingerprint density at radius 1 is 0.800 bits per heavy atom. The quantitative estimate of drug-likeness (QED) is 0.447. The number of hydrogen-bond acceptors (Lipinski definition) is 6. The number of esters is 2. The molecular weight excluding hydrogens is 264 g/mol. The van der Waals surface area contributed by atoms with Crippen molar-refractivity contribution in [2.24, 2.45) is 0 Å². The third-order valence-electron chi connectivity index (χ3n) is 3.40. The number of fused-ring (bicyclic) bond motifs is 2. The van der Waals surface area contributed by atoms with Gasteiger partial charge < -0.3 is 9.15 Å². The van der Waals surface area contributed by atoms with Crippen molar-refractivity contribution < 1.29 is 18.7 Å². The summed E-state index contributed by atoms with van der Waals surface area (Å²) in [6.07, 6.45) is 0. The summed E-state index contributed by atoms with van der Waals surface area (Å²) in [7, 11) is 0. The SMILES string of the molecule is O=C1OC(=O)c2c1cc1c3cccc1c2c(=O)oc3=O. The van der Waals surface area contributed by atoms with E-state index in [0.717, 1.165) is 0 Å². The van der Waals surface area contributed by atoms with E-state index >= 15 is 0 Å². The maximum atomic E-state index is 12.0. The molecule has 96 valence electrons. The summed E-state index contributed by atoms with van der Waals surface area (Å²) in [5, 5.41) is 0.859. The number of cyclic esters (lactones) is 2. The van der Waals surface area contributed by atoms with Crippen LogP contribution in [-0.4, -0.2) is 11.9 Å². The fourth-order valence-electron chi connectivity index (χ4n) is 2.57. The maximum Gasteiger partial charge on any atom is 0.347 e. The first-order chi connectivity index (χ1) is 9.58. The van der Waals surface area contributed by atoms with Gasteiger partial charge in [-0.3, -0.25) is 0 Å². The van der Waals surface area contributed by atoms with Gasteiger partial charge in [0.2, 0.25) is 0 Å². The van der Waals surface area contributed by atoms with Crippen molar-refractivity contribution in [3.8, 4) is 0 Å². The van der Waals surface area contributed by atoms with Gasteiger partial charge in [0.25, 0.3) is 0 Å². The number of rotatable bonds is 0. The molecule has 0 saturated carbocycles.